The van der Waals surface area contributed by atoms with Crippen LogP contribution in [-0.4, -0.2) is 9.97 Å². The highest BCUT2D eigenvalue weighted by molar-refractivity contribution is 6.22. The van der Waals surface area contributed by atoms with Gasteiger partial charge in [-0.3, -0.25) is 4.98 Å². The number of benzene rings is 8. The maximum Gasteiger partial charge on any atom is 0.0893 e. The van der Waals surface area contributed by atoms with Crippen LogP contribution in [0.25, 0.3) is 88.3 Å². The van der Waals surface area contributed by atoms with E-state index < -0.39 is 5.41 Å². The van der Waals surface area contributed by atoms with E-state index in [1.165, 1.54) is 82.4 Å². The van der Waals surface area contributed by atoms with Gasteiger partial charge in [-0.25, -0.2) is 4.98 Å². The van der Waals surface area contributed by atoms with Crippen LogP contribution in [-0.2, 0) is 5.41 Å². The second-order valence-electron chi connectivity index (χ2n) is 14.7. The molecule has 0 unspecified atom stereocenters. The van der Waals surface area contributed by atoms with Crippen LogP contribution in [0.3, 0.4) is 0 Å². The number of hydrogen-bond donors (Lipinski definition) is 0. The van der Waals surface area contributed by atoms with E-state index in [4.69, 9.17) is 4.98 Å². The Bertz CT molecular complexity index is 3170. The Morgan fingerprint density at radius 1 is 0.309 bits per heavy atom. The first-order valence-corrected chi connectivity index (χ1v) is 19.0. The number of pyridine rings is 2. The number of fused-ring (bicyclic) bond motifs is 17. The lowest BCUT2D eigenvalue weighted by Gasteiger charge is -2.33. The van der Waals surface area contributed by atoms with E-state index in [-0.39, 0.29) is 0 Å². The van der Waals surface area contributed by atoms with Crippen molar-refractivity contribution in [2.75, 3.05) is 0 Å². The van der Waals surface area contributed by atoms with E-state index in [0.29, 0.717) is 0 Å². The van der Waals surface area contributed by atoms with Crippen molar-refractivity contribution in [1.82, 2.24) is 9.97 Å². The molecule has 1 spiro atoms. The number of nitrogens with zero attached hydrogens (tertiary/aromatic N) is 2. The van der Waals surface area contributed by atoms with Crippen LogP contribution >= 0.6 is 0 Å². The average Bonchev–Trinajstić information content (AvgIpc) is 3.74. The van der Waals surface area contributed by atoms with Crippen molar-refractivity contribution < 1.29 is 0 Å². The Hall–Kier alpha value is -7.16. The summed E-state index contributed by atoms with van der Waals surface area (Å²) >= 11 is 0. The minimum absolute atomic E-state index is 0.516. The van der Waals surface area contributed by atoms with Crippen LogP contribution < -0.4 is 0 Å². The minimum Gasteiger partial charge on any atom is -0.255 e. The topological polar surface area (TPSA) is 25.8 Å². The number of rotatable bonds is 3. The predicted octanol–water partition coefficient (Wildman–Crippen LogP) is 13.3. The lowest BCUT2D eigenvalue weighted by Crippen LogP contribution is -2.26. The summed E-state index contributed by atoms with van der Waals surface area (Å²) in [6, 6.07) is 69.0. The summed E-state index contributed by atoms with van der Waals surface area (Å²) in [5.41, 5.74) is 16.3. The average molecular weight is 697 g/mol. The van der Waals surface area contributed by atoms with Crippen molar-refractivity contribution >= 4 is 32.3 Å². The van der Waals surface area contributed by atoms with Crippen LogP contribution in [0.2, 0.25) is 0 Å². The maximum atomic E-state index is 5.21. The Kier molecular flexibility index (Phi) is 6.29. The lowest BCUT2D eigenvalue weighted by atomic mass is 9.68. The summed E-state index contributed by atoms with van der Waals surface area (Å²) < 4.78 is 0. The van der Waals surface area contributed by atoms with Gasteiger partial charge >= 0.3 is 0 Å². The van der Waals surface area contributed by atoms with Crippen LogP contribution in [0, 0.1) is 0 Å². The quantitative estimate of drug-likeness (QED) is 0.172. The van der Waals surface area contributed by atoms with Gasteiger partial charge in [0, 0.05) is 11.8 Å². The van der Waals surface area contributed by atoms with Crippen LogP contribution in [0.5, 0.6) is 0 Å². The van der Waals surface area contributed by atoms with E-state index in [0.717, 1.165) is 28.2 Å². The Morgan fingerprint density at radius 3 is 1.51 bits per heavy atom. The van der Waals surface area contributed by atoms with Gasteiger partial charge < -0.3 is 0 Å². The zero-order chi connectivity index (χ0) is 36.1. The third-order valence-corrected chi connectivity index (χ3v) is 12.1. The highest BCUT2D eigenvalue weighted by Gasteiger charge is 2.54. The van der Waals surface area contributed by atoms with Crippen molar-refractivity contribution in [3.63, 3.8) is 0 Å². The van der Waals surface area contributed by atoms with Crippen LogP contribution in [0.4, 0.5) is 0 Å². The molecule has 12 rings (SSSR count). The van der Waals surface area contributed by atoms with Crippen molar-refractivity contribution in [1.29, 1.82) is 0 Å². The number of aromatic nitrogens is 2. The monoisotopic (exact) mass is 696 g/mol. The largest absolute Gasteiger partial charge is 0.255 e. The fraction of sp³-hybridized carbons (Fsp3) is 0.0189. The molecule has 2 heteroatoms. The van der Waals surface area contributed by atoms with Gasteiger partial charge in [0.05, 0.1) is 22.5 Å². The van der Waals surface area contributed by atoms with Crippen molar-refractivity contribution in [3.8, 4) is 56.0 Å². The fourth-order valence-electron chi connectivity index (χ4n) is 10.1. The first-order valence-electron chi connectivity index (χ1n) is 19.0. The Morgan fingerprint density at radius 2 is 0.818 bits per heavy atom. The third-order valence-electron chi connectivity index (χ3n) is 12.1. The van der Waals surface area contributed by atoms with Gasteiger partial charge in [0.15, 0.2) is 0 Å². The van der Waals surface area contributed by atoms with Gasteiger partial charge in [-0.05, 0) is 118 Å². The van der Waals surface area contributed by atoms with Gasteiger partial charge in [0.1, 0.15) is 0 Å². The zero-order valence-corrected chi connectivity index (χ0v) is 29.9. The summed E-state index contributed by atoms with van der Waals surface area (Å²) in [5.74, 6) is 0. The molecule has 254 valence electrons. The molecule has 10 aromatic rings. The molecular weight excluding hydrogens is 665 g/mol. The zero-order valence-electron chi connectivity index (χ0n) is 29.9. The highest BCUT2D eigenvalue weighted by Crippen LogP contribution is 2.67. The third kappa shape index (κ3) is 4.03. The molecule has 0 bridgehead atoms. The molecule has 0 radical (unpaired) electrons. The molecule has 0 saturated carbocycles. The molecule has 2 aliphatic rings. The summed E-state index contributed by atoms with van der Waals surface area (Å²) in [4.78, 5) is 9.83. The van der Waals surface area contributed by atoms with E-state index in [1.54, 1.807) is 0 Å². The molecule has 0 fully saturated rings. The Labute approximate surface area is 319 Å². The second-order valence-corrected chi connectivity index (χ2v) is 14.7. The molecule has 2 aromatic heterocycles. The van der Waals surface area contributed by atoms with Gasteiger partial charge in [0.25, 0.3) is 0 Å². The summed E-state index contributed by atoms with van der Waals surface area (Å²) in [5, 5.41) is 7.67. The standard InChI is InChI=1S/C53H32N2/c1-5-22-39(47-29-15-30-49(55-47)48-28-13-14-31-54-48)35(18-1)43-32-44-50-40-23-6-2-16-33(40)34-17-3-8-25-42(34)52(50)53(51(44)41-24-7-4-19-36(41)43)45-26-11-9-20-37(45)38-21-10-12-27-46(38)53/h1-32H. The lowest BCUT2D eigenvalue weighted by molar-refractivity contribution is 0.809. The SMILES string of the molecule is c1ccc(-c2cccc(-c3ccccc3-c3cc4c(c5ccccc35)C3(c5ccccc5-c5ccccc53)c3c-4c4ccccc4c4ccccc34)n2)nc1. The van der Waals surface area contributed by atoms with Gasteiger partial charge in [0.2, 0.25) is 0 Å². The molecule has 8 aromatic carbocycles. The van der Waals surface area contributed by atoms with Crippen molar-refractivity contribution in [2.24, 2.45) is 0 Å². The molecule has 0 amide bonds. The predicted molar refractivity (Wildman–Crippen MR) is 227 cm³/mol. The van der Waals surface area contributed by atoms with Crippen LogP contribution in [0.1, 0.15) is 22.3 Å². The molecule has 55 heavy (non-hydrogen) atoms. The first-order chi connectivity index (χ1) is 27.3. The molecular formula is C53H32N2. The molecule has 2 nitrogen and oxygen atoms in total. The van der Waals surface area contributed by atoms with Gasteiger partial charge in [-0.15, -0.1) is 0 Å². The molecule has 2 heterocycles. The summed E-state index contributed by atoms with van der Waals surface area (Å²) in [7, 11) is 0. The van der Waals surface area contributed by atoms with Crippen LogP contribution in [0.15, 0.2) is 194 Å². The van der Waals surface area contributed by atoms with E-state index in [1.807, 2.05) is 30.5 Å². The number of hydrogen-bond acceptors (Lipinski definition) is 2. The van der Waals surface area contributed by atoms with Gasteiger partial charge in [-0.2, -0.15) is 0 Å². The van der Waals surface area contributed by atoms with E-state index >= 15 is 0 Å². The second kappa shape index (κ2) is 11.4. The fourth-order valence-corrected chi connectivity index (χ4v) is 10.1. The van der Waals surface area contributed by atoms with E-state index in [9.17, 15) is 0 Å². The minimum atomic E-state index is -0.516. The van der Waals surface area contributed by atoms with Gasteiger partial charge in [-0.1, -0.05) is 158 Å². The molecule has 2 aliphatic carbocycles. The molecule has 0 atom stereocenters. The molecule has 0 N–H and O–H groups in total. The summed E-state index contributed by atoms with van der Waals surface area (Å²) in [6.07, 6.45) is 1.83. The van der Waals surface area contributed by atoms with Crippen molar-refractivity contribution in [2.45, 2.75) is 5.41 Å². The van der Waals surface area contributed by atoms with Crippen molar-refractivity contribution in [3.05, 3.63) is 217 Å². The first kappa shape index (κ1) is 30.3. The molecule has 0 aliphatic heterocycles. The Balaban J connectivity index is 1.25. The molecule has 0 saturated heterocycles. The smallest absolute Gasteiger partial charge is 0.0893 e. The normalized spacial score (nSPS) is 13.2. The van der Waals surface area contributed by atoms with E-state index in [2.05, 4.69) is 169 Å². The highest BCUT2D eigenvalue weighted by atomic mass is 14.8. The maximum absolute atomic E-state index is 5.21. The summed E-state index contributed by atoms with van der Waals surface area (Å²) in [6.45, 7) is 0.